The van der Waals surface area contributed by atoms with Crippen molar-refractivity contribution in [3.63, 3.8) is 0 Å². The second-order valence-electron chi connectivity index (χ2n) is 3.82. The first kappa shape index (κ1) is 15.8. The van der Waals surface area contributed by atoms with Crippen LogP contribution in [0.15, 0.2) is 12.1 Å². The molecule has 2 atom stereocenters. The number of aliphatic hydroxyl groups is 1. The molecule has 8 heteroatoms. The van der Waals surface area contributed by atoms with E-state index in [0.29, 0.717) is 12.1 Å². The van der Waals surface area contributed by atoms with Crippen LogP contribution in [0.1, 0.15) is 18.1 Å². The fraction of sp³-hybridized carbons (Fsp3) is 0.455. The molecule has 0 saturated carbocycles. The molecule has 2 unspecified atom stereocenters. The molecule has 0 aliphatic rings. The van der Waals surface area contributed by atoms with Gasteiger partial charge in [-0.2, -0.15) is 13.2 Å². The summed E-state index contributed by atoms with van der Waals surface area (Å²) in [7, 11) is 0.788. The minimum atomic E-state index is -4.73. The maximum atomic E-state index is 12.9. The van der Waals surface area contributed by atoms with Crippen molar-refractivity contribution >= 4 is 0 Å². The van der Waals surface area contributed by atoms with Gasteiger partial charge in [-0.3, -0.25) is 0 Å². The topological polar surface area (TPSA) is 29.5 Å². The highest BCUT2D eigenvalue weighted by molar-refractivity contribution is 5.21. The van der Waals surface area contributed by atoms with Crippen LogP contribution < -0.4 is 0 Å². The average molecular weight is 288 g/mol. The molecule has 0 amide bonds. The van der Waals surface area contributed by atoms with E-state index in [2.05, 4.69) is 4.74 Å². The predicted molar refractivity (Wildman–Crippen MR) is 52.7 cm³/mol. The second-order valence-corrected chi connectivity index (χ2v) is 3.82. The highest BCUT2D eigenvalue weighted by Crippen LogP contribution is 2.31. The Kier molecular flexibility index (Phi) is 4.81. The molecule has 0 aromatic heterocycles. The first-order chi connectivity index (χ1) is 8.66. The summed E-state index contributed by atoms with van der Waals surface area (Å²) in [5, 5.41) is 9.49. The van der Waals surface area contributed by atoms with Gasteiger partial charge in [0.15, 0.2) is 23.6 Å². The Morgan fingerprint density at radius 2 is 1.63 bits per heavy atom. The van der Waals surface area contributed by atoms with Crippen molar-refractivity contribution in [2.45, 2.75) is 24.8 Å². The monoisotopic (exact) mass is 288 g/mol. The van der Waals surface area contributed by atoms with Gasteiger partial charge in [0.1, 0.15) is 0 Å². The lowest BCUT2D eigenvalue weighted by atomic mass is 10.0. The summed E-state index contributed by atoms with van der Waals surface area (Å²) in [5.74, 6) is -4.93. The van der Waals surface area contributed by atoms with E-state index in [1.807, 2.05) is 0 Å². The van der Waals surface area contributed by atoms with Crippen LogP contribution in [0, 0.1) is 17.5 Å². The number of hydrogen-bond acceptors (Lipinski definition) is 2. The lowest BCUT2D eigenvalue weighted by molar-refractivity contribution is -0.220. The van der Waals surface area contributed by atoms with Crippen LogP contribution in [-0.4, -0.2) is 24.5 Å². The number of halogens is 6. The molecule has 0 bridgehead atoms. The zero-order valence-electron chi connectivity index (χ0n) is 9.64. The van der Waals surface area contributed by atoms with E-state index < -0.39 is 47.8 Å². The normalized spacial score (nSPS) is 15.4. The molecule has 1 N–H and O–H groups in total. The van der Waals surface area contributed by atoms with Crippen LogP contribution in [0.25, 0.3) is 0 Å². The molecular formula is C11H10F6O2. The number of alkyl halides is 3. The second kappa shape index (κ2) is 5.79. The molecule has 0 aliphatic carbocycles. The number of methoxy groups -OCH3 is 1. The number of benzene rings is 1. The minimum Gasteiger partial charge on any atom is -0.388 e. The molecule has 2 nitrogen and oxygen atoms in total. The standard InChI is InChI=1S/C11H10F6O2/c1-19-9(11(15,16)17)4-8(18)5-2-6(12)10(14)7(13)3-5/h2-3,8-9,18H,4H2,1H3. The Morgan fingerprint density at radius 1 is 1.16 bits per heavy atom. The van der Waals surface area contributed by atoms with Gasteiger partial charge in [-0.15, -0.1) is 0 Å². The third-order valence-electron chi connectivity index (χ3n) is 2.48. The smallest absolute Gasteiger partial charge is 0.388 e. The van der Waals surface area contributed by atoms with Gasteiger partial charge in [-0.05, 0) is 17.7 Å². The Labute approximate surface area is 104 Å². The number of aliphatic hydroxyl groups excluding tert-OH is 1. The molecule has 108 valence electrons. The molecule has 0 spiro atoms. The third-order valence-corrected chi connectivity index (χ3v) is 2.48. The lowest BCUT2D eigenvalue weighted by Gasteiger charge is -2.21. The van der Waals surface area contributed by atoms with Crippen LogP contribution in [0.2, 0.25) is 0 Å². The quantitative estimate of drug-likeness (QED) is 0.681. The van der Waals surface area contributed by atoms with E-state index >= 15 is 0 Å². The molecule has 0 aliphatic heterocycles. The van der Waals surface area contributed by atoms with Gasteiger partial charge in [0.2, 0.25) is 0 Å². The molecule has 1 aromatic carbocycles. The summed E-state index contributed by atoms with van der Waals surface area (Å²) >= 11 is 0. The molecule has 0 fully saturated rings. The van der Waals surface area contributed by atoms with Gasteiger partial charge in [0.05, 0.1) is 6.10 Å². The van der Waals surface area contributed by atoms with Crippen LogP contribution in [0.3, 0.4) is 0 Å². The molecular weight excluding hydrogens is 278 g/mol. The van der Waals surface area contributed by atoms with Gasteiger partial charge < -0.3 is 9.84 Å². The average Bonchev–Trinajstić information content (AvgIpc) is 2.30. The first-order valence-corrected chi connectivity index (χ1v) is 5.08. The first-order valence-electron chi connectivity index (χ1n) is 5.08. The Hall–Kier alpha value is -1.28. The van der Waals surface area contributed by atoms with Crippen molar-refractivity contribution in [3.05, 3.63) is 35.1 Å². The van der Waals surface area contributed by atoms with E-state index in [4.69, 9.17) is 0 Å². The lowest BCUT2D eigenvalue weighted by Crippen LogP contribution is -2.32. The molecule has 0 heterocycles. The van der Waals surface area contributed by atoms with Crippen molar-refractivity contribution in [2.24, 2.45) is 0 Å². The summed E-state index contributed by atoms with van der Waals surface area (Å²) in [6.45, 7) is 0. The summed E-state index contributed by atoms with van der Waals surface area (Å²) in [4.78, 5) is 0. The van der Waals surface area contributed by atoms with E-state index in [0.717, 1.165) is 7.11 Å². The van der Waals surface area contributed by atoms with Gasteiger partial charge in [-0.25, -0.2) is 13.2 Å². The fourth-order valence-corrected chi connectivity index (χ4v) is 1.47. The predicted octanol–water partition coefficient (Wildman–Crippen LogP) is 3.10. The zero-order valence-corrected chi connectivity index (χ0v) is 9.64. The summed E-state index contributed by atoms with van der Waals surface area (Å²) in [6, 6.07) is 0.873. The SMILES string of the molecule is COC(CC(O)c1cc(F)c(F)c(F)c1)C(F)(F)F. The minimum absolute atomic E-state index is 0.437. The Balaban J connectivity index is 2.92. The van der Waals surface area contributed by atoms with Gasteiger partial charge >= 0.3 is 6.18 Å². The highest BCUT2D eigenvalue weighted by Gasteiger charge is 2.41. The van der Waals surface area contributed by atoms with Crippen molar-refractivity contribution in [1.82, 2.24) is 0 Å². The number of rotatable bonds is 4. The largest absolute Gasteiger partial charge is 0.414 e. The zero-order chi connectivity index (χ0) is 14.8. The summed E-state index contributed by atoms with van der Waals surface area (Å²) in [6.07, 6.45) is -9.81. The number of ether oxygens (including phenoxy) is 1. The van der Waals surface area contributed by atoms with Crippen LogP contribution in [-0.2, 0) is 4.74 Å². The third kappa shape index (κ3) is 3.84. The van der Waals surface area contributed by atoms with Gasteiger partial charge in [0, 0.05) is 13.5 Å². The van der Waals surface area contributed by atoms with E-state index in [9.17, 15) is 31.4 Å². The Morgan fingerprint density at radius 3 is 2.00 bits per heavy atom. The summed E-state index contributed by atoms with van der Waals surface area (Å²) < 4.78 is 79.7. The van der Waals surface area contributed by atoms with Crippen molar-refractivity contribution in [1.29, 1.82) is 0 Å². The molecule has 1 rings (SSSR count). The highest BCUT2D eigenvalue weighted by atomic mass is 19.4. The molecule has 0 saturated heterocycles. The molecule has 1 aromatic rings. The number of hydrogen-bond donors (Lipinski definition) is 1. The molecule has 19 heavy (non-hydrogen) atoms. The maximum Gasteiger partial charge on any atom is 0.414 e. The van der Waals surface area contributed by atoms with Crippen LogP contribution in [0.5, 0.6) is 0 Å². The van der Waals surface area contributed by atoms with Gasteiger partial charge in [0.25, 0.3) is 0 Å². The van der Waals surface area contributed by atoms with Crippen molar-refractivity contribution in [3.8, 4) is 0 Å². The molecule has 0 radical (unpaired) electrons. The maximum absolute atomic E-state index is 12.9. The van der Waals surface area contributed by atoms with Crippen LogP contribution >= 0.6 is 0 Å². The van der Waals surface area contributed by atoms with Crippen molar-refractivity contribution < 1.29 is 36.2 Å². The summed E-state index contributed by atoms with van der Waals surface area (Å²) in [5.41, 5.74) is -0.497. The van der Waals surface area contributed by atoms with E-state index in [1.54, 1.807) is 0 Å². The van der Waals surface area contributed by atoms with Crippen molar-refractivity contribution in [2.75, 3.05) is 7.11 Å². The van der Waals surface area contributed by atoms with Gasteiger partial charge in [-0.1, -0.05) is 0 Å². The van der Waals surface area contributed by atoms with Crippen LogP contribution in [0.4, 0.5) is 26.3 Å². The van der Waals surface area contributed by atoms with E-state index in [-0.39, 0.29) is 0 Å². The fourth-order valence-electron chi connectivity index (χ4n) is 1.47. The van der Waals surface area contributed by atoms with E-state index in [1.165, 1.54) is 0 Å². The Bertz CT molecular complexity index is 422.